The van der Waals surface area contributed by atoms with Crippen molar-refractivity contribution in [1.29, 1.82) is 5.26 Å². The molecule has 0 aliphatic rings. The average Bonchev–Trinajstić information content (AvgIpc) is 2.92. The number of nitrogens with one attached hydrogen (secondary N) is 1. The Hall–Kier alpha value is -3.73. The molecule has 8 nitrogen and oxygen atoms in total. The van der Waals surface area contributed by atoms with Crippen LogP contribution in [-0.4, -0.2) is 21.2 Å². The van der Waals surface area contributed by atoms with Gasteiger partial charge in [-0.05, 0) is 26.0 Å². The van der Waals surface area contributed by atoms with E-state index in [-0.39, 0.29) is 40.7 Å². The molecule has 1 amide bonds. The molecule has 0 unspecified atom stereocenters. The summed E-state index contributed by atoms with van der Waals surface area (Å²) in [4.78, 5) is 40.5. The van der Waals surface area contributed by atoms with Crippen LogP contribution in [0.4, 0.5) is 5.88 Å². The van der Waals surface area contributed by atoms with Gasteiger partial charge in [0.25, 0.3) is 5.56 Å². The van der Waals surface area contributed by atoms with Crippen LogP contribution in [0.15, 0.2) is 39.8 Å². The highest BCUT2D eigenvalue weighted by atomic mass is 16.4. The van der Waals surface area contributed by atoms with Gasteiger partial charge in [-0.2, -0.15) is 5.26 Å². The topological polar surface area (TPSA) is 118 Å². The van der Waals surface area contributed by atoms with Gasteiger partial charge in [-0.25, -0.2) is 4.98 Å². The van der Waals surface area contributed by atoms with Crippen LogP contribution in [0.2, 0.25) is 0 Å². The zero-order valence-electron chi connectivity index (χ0n) is 14.1. The Morgan fingerprint density at radius 3 is 2.77 bits per heavy atom. The first kappa shape index (κ1) is 17.1. The van der Waals surface area contributed by atoms with Gasteiger partial charge in [-0.1, -0.05) is 12.1 Å². The number of aromatic nitrogens is 2. The molecule has 0 saturated carbocycles. The third-order valence-electron chi connectivity index (χ3n) is 3.85. The Morgan fingerprint density at radius 1 is 1.35 bits per heavy atom. The lowest BCUT2D eigenvalue weighted by molar-refractivity contribution is -0.116. The number of anilines is 1. The maximum atomic E-state index is 12.4. The van der Waals surface area contributed by atoms with Crippen LogP contribution in [0, 0.1) is 18.3 Å². The van der Waals surface area contributed by atoms with E-state index in [1.807, 2.05) is 6.07 Å². The van der Waals surface area contributed by atoms with Crippen LogP contribution in [-0.2, 0) is 11.3 Å². The zero-order valence-corrected chi connectivity index (χ0v) is 14.1. The van der Waals surface area contributed by atoms with Gasteiger partial charge in [-0.3, -0.25) is 24.3 Å². The van der Waals surface area contributed by atoms with Crippen molar-refractivity contribution in [2.24, 2.45) is 0 Å². The van der Waals surface area contributed by atoms with E-state index in [9.17, 15) is 19.6 Å². The molecule has 2 aromatic heterocycles. The molecule has 1 aromatic carbocycles. The highest BCUT2D eigenvalue weighted by Gasteiger charge is 2.22. The van der Waals surface area contributed by atoms with Gasteiger partial charge >= 0.3 is 0 Å². The maximum Gasteiger partial charge on any atom is 0.261 e. The normalized spacial score (nSPS) is 10.5. The van der Waals surface area contributed by atoms with Crippen molar-refractivity contribution in [3.63, 3.8) is 0 Å². The molecule has 0 bridgehead atoms. The van der Waals surface area contributed by atoms with E-state index < -0.39 is 5.91 Å². The molecule has 0 saturated heterocycles. The molecule has 0 spiro atoms. The molecular formula is C18H14N4O4. The quantitative estimate of drug-likeness (QED) is 0.719. The highest BCUT2D eigenvalue weighted by Crippen LogP contribution is 2.26. The van der Waals surface area contributed by atoms with Crippen molar-refractivity contribution in [3.05, 3.63) is 57.8 Å². The van der Waals surface area contributed by atoms with Gasteiger partial charge in [0.15, 0.2) is 5.78 Å². The van der Waals surface area contributed by atoms with Crippen LogP contribution in [0.3, 0.4) is 0 Å². The predicted molar refractivity (Wildman–Crippen MR) is 92.8 cm³/mol. The first-order chi connectivity index (χ1) is 12.4. The van der Waals surface area contributed by atoms with E-state index in [0.717, 1.165) is 4.57 Å². The highest BCUT2D eigenvalue weighted by molar-refractivity contribution is 6.00. The van der Waals surface area contributed by atoms with Crippen LogP contribution in [0.5, 0.6) is 0 Å². The van der Waals surface area contributed by atoms with Crippen LogP contribution in [0.25, 0.3) is 10.9 Å². The molecular weight excluding hydrogens is 336 g/mol. The van der Waals surface area contributed by atoms with Crippen LogP contribution in [0.1, 0.15) is 28.6 Å². The lowest BCUT2D eigenvalue weighted by Gasteiger charge is -2.06. The minimum Gasteiger partial charge on any atom is -0.443 e. The summed E-state index contributed by atoms with van der Waals surface area (Å²) in [6.07, 6.45) is 1.28. The second-order valence-corrected chi connectivity index (χ2v) is 5.65. The molecule has 0 atom stereocenters. The molecule has 0 fully saturated rings. The molecule has 0 aliphatic heterocycles. The van der Waals surface area contributed by atoms with Crippen molar-refractivity contribution in [2.75, 3.05) is 5.32 Å². The monoisotopic (exact) mass is 350 g/mol. The summed E-state index contributed by atoms with van der Waals surface area (Å²) < 4.78 is 6.49. The average molecular weight is 350 g/mol. The number of para-hydroxylation sites is 1. The Morgan fingerprint density at radius 2 is 2.08 bits per heavy atom. The first-order valence-electron chi connectivity index (χ1n) is 7.70. The molecule has 8 heteroatoms. The number of hydrogen-bond donors (Lipinski definition) is 1. The summed E-state index contributed by atoms with van der Waals surface area (Å²) in [5.41, 5.74) is 0.277. The number of Topliss-reactive ketones (excluding diaryl/α,β-unsaturated/α-hetero) is 1. The summed E-state index contributed by atoms with van der Waals surface area (Å²) in [5.74, 6) is -0.779. The SMILES string of the molecule is CC(=O)c1c(C)oc(NC(=O)Cn2cnc3ccccc3c2=O)c1C#N. The number of nitriles is 1. The van der Waals surface area contributed by atoms with Gasteiger partial charge in [0.2, 0.25) is 11.8 Å². The fraction of sp³-hybridized carbons (Fsp3) is 0.167. The van der Waals surface area contributed by atoms with Crippen LogP contribution < -0.4 is 10.9 Å². The summed E-state index contributed by atoms with van der Waals surface area (Å²) in [7, 11) is 0. The van der Waals surface area contributed by atoms with Crippen molar-refractivity contribution in [2.45, 2.75) is 20.4 Å². The lowest BCUT2D eigenvalue weighted by Crippen LogP contribution is -2.28. The molecule has 0 radical (unpaired) electrons. The summed E-state index contributed by atoms with van der Waals surface area (Å²) in [5, 5.41) is 12.1. The Kier molecular flexibility index (Phi) is 4.37. The van der Waals surface area contributed by atoms with Crippen LogP contribution >= 0.6 is 0 Å². The van der Waals surface area contributed by atoms with Gasteiger partial charge in [0.05, 0.1) is 22.8 Å². The third-order valence-corrected chi connectivity index (χ3v) is 3.85. The minimum absolute atomic E-state index is 0.0349. The second-order valence-electron chi connectivity index (χ2n) is 5.65. The number of amides is 1. The number of fused-ring (bicyclic) bond motifs is 1. The molecule has 1 N–H and O–H groups in total. The van der Waals surface area contributed by atoms with E-state index in [1.54, 1.807) is 24.3 Å². The minimum atomic E-state index is -0.579. The largest absolute Gasteiger partial charge is 0.443 e. The maximum absolute atomic E-state index is 12.4. The Bertz CT molecular complexity index is 1130. The molecule has 26 heavy (non-hydrogen) atoms. The lowest BCUT2D eigenvalue weighted by atomic mass is 10.1. The van der Waals surface area contributed by atoms with E-state index in [0.29, 0.717) is 10.9 Å². The Labute approximate surface area is 147 Å². The molecule has 3 aromatic rings. The van der Waals surface area contributed by atoms with E-state index >= 15 is 0 Å². The predicted octanol–water partition coefficient (Wildman–Crippen LogP) is 2.01. The molecule has 130 valence electrons. The molecule has 2 heterocycles. The van der Waals surface area contributed by atoms with E-state index in [1.165, 1.54) is 20.2 Å². The number of furan rings is 1. The summed E-state index contributed by atoms with van der Waals surface area (Å²) in [6, 6.07) is 8.67. The number of carbonyl (C=O) groups is 2. The van der Waals surface area contributed by atoms with Gasteiger partial charge in [-0.15, -0.1) is 0 Å². The number of ketones is 1. The van der Waals surface area contributed by atoms with Crippen molar-refractivity contribution in [1.82, 2.24) is 9.55 Å². The third kappa shape index (κ3) is 2.98. The summed E-state index contributed by atoms with van der Waals surface area (Å²) >= 11 is 0. The number of carbonyl (C=O) groups excluding carboxylic acids is 2. The van der Waals surface area contributed by atoms with Gasteiger partial charge in [0, 0.05) is 0 Å². The zero-order chi connectivity index (χ0) is 18.8. The first-order valence-corrected chi connectivity index (χ1v) is 7.70. The van der Waals surface area contributed by atoms with Crippen molar-refractivity contribution in [3.8, 4) is 6.07 Å². The van der Waals surface area contributed by atoms with E-state index in [2.05, 4.69) is 10.3 Å². The number of benzene rings is 1. The smallest absolute Gasteiger partial charge is 0.261 e. The number of nitrogens with zero attached hydrogens (tertiary/aromatic N) is 3. The number of aryl methyl sites for hydroxylation is 1. The van der Waals surface area contributed by atoms with E-state index in [4.69, 9.17) is 4.42 Å². The number of rotatable bonds is 4. The van der Waals surface area contributed by atoms with Gasteiger partial charge in [0.1, 0.15) is 23.9 Å². The standard InChI is InChI=1S/C18H14N4O4/c1-10(23)16-11(2)26-17(13(16)7-19)21-15(24)8-22-9-20-14-6-4-3-5-12(14)18(22)25/h3-6,9H,8H2,1-2H3,(H,21,24). The number of hydrogen-bond acceptors (Lipinski definition) is 6. The van der Waals surface area contributed by atoms with Crippen molar-refractivity contribution < 1.29 is 14.0 Å². The fourth-order valence-electron chi connectivity index (χ4n) is 2.70. The molecule has 0 aliphatic carbocycles. The second kappa shape index (κ2) is 6.64. The van der Waals surface area contributed by atoms with Crippen molar-refractivity contribution >= 4 is 28.5 Å². The Balaban J connectivity index is 1.88. The molecule has 3 rings (SSSR count). The van der Waals surface area contributed by atoms with Gasteiger partial charge < -0.3 is 4.42 Å². The summed E-state index contributed by atoms with van der Waals surface area (Å²) in [6.45, 7) is 2.53. The fourth-order valence-corrected chi connectivity index (χ4v) is 2.70.